The average molecular weight is 259 g/mol. The van der Waals surface area contributed by atoms with Gasteiger partial charge in [-0.2, -0.15) is 0 Å². The highest BCUT2D eigenvalue weighted by molar-refractivity contribution is 14.1. The Bertz CT molecular complexity index is 394. The molecule has 3 heteroatoms. The molecule has 0 saturated carbocycles. The second-order valence-electron chi connectivity index (χ2n) is 2.36. The number of aromatic hydroxyl groups is 1. The molecule has 0 spiro atoms. The monoisotopic (exact) mass is 259 g/mol. The highest BCUT2D eigenvalue weighted by Crippen LogP contribution is 2.23. The summed E-state index contributed by atoms with van der Waals surface area (Å²) in [5.74, 6) is 0.226. The van der Waals surface area contributed by atoms with Crippen LogP contribution in [0.5, 0.6) is 5.88 Å². The van der Waals surface area contributed by atoms with Gasteiger partial charge >= 0.3 is 0 Å². The lowest BCUT2D eigenvalue weighted by Gasteiger charge is -1.90. The minimum absolute atomic E-state index is 0.226. The summed E-state index contributed by atoms with van der Waals surface area (Å²) in [6, 6.07) is 7.64. The van der Waals surface area contributed by atoms with Crippen LogP contribution in [-0.4, -0.2) is 10.1 Å². The van der Waals surface area contributed by atoms with Crippen LogP contribution in [0.1, 0.15) is 0 Å². The zero-order chi connectivity index (χ0) is 7.84. The van der Waals surface area contributed by atoms with Gasteiger partial charge in [0.05, 0.1) is 0 Å². The normalized spacial score (nSPS) is 10.6. The van der Waals surface area contributed by atoms with Crippen LogP contribution in [0.4, 0.5) is 0 Å². The van der Waals surface area contributed by atoms with E-state index in [0.717, 1.165) is 14.5 Å². The number of aromatic amines is 1. The summed E-state index contributed by atoms with van der Waals surface area (Å²) < 4.78 is 1.15. The number of fused-ring (bicyclic) bond motifs is 1. The van der Waals surface area contributed by atoms with E-state index in [4.69, 9.17) is 5.11 Å². The molecular formula is C8H6INO. The van der Waals surface area contributed by atoms with Crippen molar-refractivity contribution in [3.05, 3.63) is 27.8 Å². The SMILES string of the molecule is Oc1cc2c(I)cccc2[nH]1. The van der Waals surface area contributed by atoms with Crippen molar-refractivity contribution in [1.29, 1.82) is 0 Å². The first-order valence-corrected chi connectivity index (χ1v) is 4.31. The Morgan fingerprint density at radius 3 is 2.91 bits per heavy atom. The Kier molecular flexibility index (Phi) is 1.52. The highest BCUT2D eigenvalue weighted by Gasteiger charge is 2.00. The molecule has 0 atom stereocenters. The molecule has 0 saturated heterocycles. The summed E-state index contributed by atoms with van der Waals surface area (Å²) in [6.45, 7) is 0. The maximum absolute atomic E-state index is 9.12. The molecule has 11 heavy (non-hydrogen) atoms. The lowest BCUT2D eigenvalue weighted by atomic mass is 10.3. The number of benzene rings is 1. The maximum Gasteiger partial charge on any atom is 0.189 e. The van der Waals surface area contributed by atoms with Gasteiger partial charge in [-0.1, -0.05) is 6.07 Å². The molecule has 0 aliphatic rings. The number of hydrogen-bond donors (Lipinski definition) is 2. The van der Waals surface area contributed by atoms with Gasteiger partial charge in [-0.15, -0.1) is 0 Å². The topological polar surface area (TPSA) is 36.0 Å². The molecule has 2 N–H and O–H groups in total. The second-order valence-corrected chi connectivity index (χ2v) is 3.52. The van der Waals surface area contributed by atoms with E-state index in [2.05, 4.69) is 27.6 Å². The summed E-state index contributed by atoms with van der Waals surface area (Å²) in [4.78, 5) is 2.85. The predicted octanol–water partition coefficient (Wildman–Crippen LogP) is 2.48. The zero-order valence-electron chi connectivity index (χ0n) is 5.63. The fraction of sp³-hybridized carbons (Fsp3) is 0. The molecule has 0 aliphatic carbocycles. The molecule has 1 heterocycles. The molecule has 0 radical (unpaired) electrons. The van der Waals surface area contributed by atoms with Crippen LogP contribution < -0.4 is 0 Å². The Balaban J connectivity index is 2.90. The van der Waals surface area contributed by atoms with Crippen LogP contribution in [0.25, 0.3) is 10.9 Å². The number of rotatable bonds is 0. The van der Waals surface area contributed by atoms with Gasteiger partial charge in [-0.3, -0.25) is 0 Å². The molecule has 1 aromatic heterocycles. The lowest BCUT2D eigenvalue weighted by Crippen LogP contribution is -1.70. The van der Waals surface area contributed by atoms with E-state index < -0.39 is 0 Å². The fourth-order valence-corrected chi connectivity index (χ4v) is 1.76. The average Bonchev–Trinajstić information content (AvgIpc) is 2.31. The smallest absolute Gasteiger partial charge is 0.189 e. The largest absolute Gasteiger partial charge is 0.495 e. The summed E-state index contributed by atoms with van der Waals surface area (Å²) in [5, 5.41) is 10.2. The third-order valence-corrected chi connectivity index (χ3v) is 2.54. The Morgan fingerprint density at radius 2 is 2.18 bits per heavy atom. The number of halogens is 1. The highest BCUT2D eigenvalue weighted by atomic mass is 127. The minimum Gasteiger partial charge on any atom is -0.495 e. The van der Waals surface area contributed by atoms with Gasteiger partial charge in [0.2, 0.25) is 0 Å². The third-order valence-electron chi connectivity index (χ3n) is 1.60. The van der Waals surface area contributed by atoms with Crippen LogP contribution in [0.2, 0.25) is 0 Å². The Morgan fingerprint density at radius 1 is 1.36 bits per heavy atom. The molecule has 1 aromatic carbocycles. The molecule has 2 nitrogen and oxygen atoms in total. The summed E-state index contributed by atoms with van der Waals surface area (Å²) in [5.41, 5.74) is 0.981. The van der Waals surface area contributed by atoms with E-state index in [1.165, 1.54) is 0 Å². The molecule has 0 unspecified atom stereocenters. The van der Waals surface area contributed by atoms with Crippen molar-refractivity contribution in [2.45, 2.75) is 0 Å². The standard InChI is InChI=1S/C8H6INO/c9-6-2-1-3-7-5(6)4-8(11)10-7/h1-4,10-11H. The molecule has 0 fully saturated rings. The van der Waals surface area contributed by atoms with Crippen LogP contribution >= 0.6 is 22.6 Å². The van der Waals surface area contributed by atoms with Gasteiger partial charge in [0.1, 0.15) is 0 Å². The van der Waals surface area contributed by atoms with E-state index in [1.807, 2.05) is 18.2 Å². The Labute approximate surface area is 77.4 Å². The number of H-pyrrole nitrogens is 1. The molecular weight excluding hydrogens is 253 g/mol. The molecule has 56 valence electrons. The van der Waals surface area contributed by atoms with Gasteiger partial charge in [0, 0.05) is 20.5 Å². The van der Waals surface area contributed by atoms with E-state index in [0.29, 0.717) is 0 Å². The quantitative estimate of drug-likeness (QED) is 0.700. The van der Waals surface area contributed by atoms with Crippen molar-refractivity contribution in [1.82, 2.24) is 4.98 Å². The lowest BCUT2D eigenvalue weighted by molar-refractivity contribution is 0.458. The van der Waals surface area contributed by atoms with Crippen molar-refractivity contribution >= 4 is 33.5 Å². The van der Waals surface area contributed by atoms with Gasteiger partial charge in [-0.25, -0.2) is 0 Å². The van der Waals surface area contributed by atoms with E-state index >= 15 is 0 Å². The summed E-state index contributed by atoms with van der Waals surface area (Å²) >= 11 is 2.24. The van der Waals surface area contributed by atoms with E-state index in [-0.39, 0.29) is 5.88 Å². The first-order valence-electron chi connectivity index (χ1n) is 3.23. The van der Waals surface area contributed by atoms with Crippen molar-refractivity contribution in [2.75, 3.05) is 0 Å². The van der Waals surface area contributed by atoms with Gasteiger partial charge < -0.3 is 10.1 Å². The van der Waals surface area contributed by atoms with Crippen molar-refractivity contribution in [3.8, 4) is 5.88 Å². The van der Waals surface area contributed by atoms with Gasteiger partial charge in [0.25, 0.3) is 0 Å². The second kappa shape index (κ2) is 2.41. The first kappa shape index (κ1) is 6.97. The number of aromatic nitrogens is 1. The molecule has 0 bridgehead atoms. The van der Waals surface area contributed by atoms with Crippen molar-refractivity contribution < 1.29 is 5.11 Å². The van der Waals surface area contributed by atoms with Crippen LogP contribution in [0, 0.1) is 3.57 Å². The van der Waals surface area contributed by atoms with Crippen LogP contribution in [0.3, 0.4) is 0 Å². The predicted molar refractivity (Wildman–Crippen MR) is 52.7 cm³/mol. The molecule has 2 rings (SSSR count). The number of hydrogen-bond acceptors (Lipinski definition) is 1. The first-order chi connectivity index (χ1) is 5.27. The Hall–Kier alpha value is -0.710. The zero-order valence-corrected chi connectivity index (χ0v) is 7.79. The third kappa shape index (κ3) is 1.09. The van der Waals surface area contributed by atoms with Crippen molar-refractivity contribution in [2.24, 2.45) is 0 Å². The maximum atomic E-state index is 9.12. The van der Waals surface area contributed by atoms with Crippen LogP contribution in [0.15, 0.2) is 24.3 Å². The molecule has 2 aromatic rings. The summed E-state index contributed by atoms with van der Waals surface area (Å²) in [6.07, 6.45) is 0. The minimum atomic E-state index is 0.226. The van der Waals surface area contributed by atoms with Crippen molar-refractivity contribution in [3.63, 3.8) is 0 Å². The van der Waals surface area contributed by atoms with Gasteiger partial charge in [0.15, 0.2) is 5.88 Å². The fourth-order valence-electron chi connectivity index (χ4n) is 1.10. The van der Waals surface area contributed by atoms with Gasteiger partial charge in [-0.05, 0) is 34.7 Å². The summed E-state index contributed by atoms with van der Waals surface area (Å²) in [7, 11) is 0. The van der Waals surface area contributed by atoms with Crippen LogP contribution in [-0.2, 0) is 0 Å². The molecule has 0 aliphatic heterocycles. The molecule has 0 amide bonds. The number of nitrogens with one attached hydrogen (secondary N) is 1. The van der Waals surface area contributed by atoms with E-state index in [9.17, 15) is 0 Å². The van der Waals surface area contributed by atoms with E-state index in [1.54, 1.807) is 6.07 Å².